The van der Waals surface area contributed by atoms with E-state index in [2.05, 4.69) is 31.0 Å². The smallest absolute Gasteiger partial charge is 0.180 e. The molecule has 2 aromatic rings. The van der Waals surface area contributed by atoms with Gasteiger partial charge in [-0.1, -0.05) is 26.0 Å². The number of hydrogen-bond donors (Lipinski definition) is 1. The fourth-order valence-corrected chi connectivity index (χ4v) is 2.91. The number of nitrogens with zero attached hydrogens (tertiary/aromatic N) is 1. The fraction of sp³-hybridized carbons (Fsp3) is 0.357. The molecule has 2 N–H and O–H groups in total. The van der Waals surface area contributed by atoms with Gasteiger partial charge < -0.3 is 10.5 Å². The first-order chi connectivity index (χ1) is 8.60. The van der Waals surface area contributed by atoms with Crippen LogP contribution in [0.4, 0.5) is 5.13 Å². The fourth-order valence-electron chi connectivity index (χ4n) is 1.89. The molecule has 1 aromatic heterocycles. The highest BCUT2D eigenvalue weighted by Gasteiger charge is 2.13. The van der Waals surface area contributed by atoms with E-state index >= 15 is 0 Å². The van der Waals surface area contributed by atoms with Crippen LogP contribution in [0.15, 0.2) is 24.3 Å². The molecule has 3 nitrogen and oxygen atoms in total. The molecule has 0 radical (unpaired) electrons. The molecule has 0 amide bonds. The molecular formula is C14H18N2OS. The molecular weight excluding hydrogens is 244 g/mol. The normalized spacial score (nSPS) is 10.9. The van der Waals surface area contributed by atoms with E-state index in [9.17, 15) is 0 Å². The summed E-state index contributed by atoms with van der Waals surface area (Å²) in [4.78, 5) is 5.67. The Hall–Kier alpha value is -1.55. The molecule has 1 heterocycles. The number of benzene rings is 1. The summed E-state index contributed by atoms with van der Waals surface area (Å²) in [5.41, 5.74) is 8.17. The molecule has 0 unspecified atom stereocenters. The summed E-state index contributed by atoms with van der Waals surface area (Å²) in [5.74, 6) is 1.29. The second kappa shape index (κ2) is 5.40. The molecule has 0 saturated heterocycles. The van der Waals surface area contributed by atoms with Gasteiger partial charge in [0.2, 0.25) is 0 Å². The lowest BCUT2D eigenvalue weighted by Gasteiger charge is -2.06. The zero-order valence-corrected chi connectivity index (χ0v) is 11.8. The van der Waals surface area contributed by atoms with Gasteiger partial charge in [-0.15, -0.1) is 11.3 Å². The lowest BCUT2D eigenvalue weighted by molar-refractivity contribution is 0.414. The van der Waals surface area contributed by atoms with Gasteiger partial charge >= 0.3 is 0 Å². The van der Waals surface area contributed by atoms with Crippen LogP contribution in [-0.4, -0.2) is 12.1 Å². The third kappa shape index (κ3) is 2.82. The van der Waals surface area contributed by atoms with Gasteiger partial charge in [-0.05, 0) is 23.6 Å². The monoisotopic (exact) mass is 262 g/mol. The van der Waals surface area contributed by atoms with Crippen LogP contribution in [0.5, 0.6) is 5.75 Å². The Labute approximate surface area is 112 Å². The maximum atomic E-state index is 5.80. The summed E-state index contributed by atoms with van der Waals surface area (Å²) in [6.45, 7) is 4.29. The number of aromatic nitrogens is 1. The van der Waals surface area contributed by atoms with Crippen molar-refractivity contribution in [3.05, 3.63) is 40.4 Å². The minimum Gasteiger partial charge on any atom is -0.497 e. The highest BCUT2D eigenvalue weighted by atomic mass is 32.1. The number of ether oxygens (including phenoxy) is 1. The molecule has 2 rings (SSSR count). The van der Waals surface area contributed by atoms with Crippen LogP contribution < -0.4 is 10.5 Å². The molecule has 4 heteroatoms. The molecule has 0 spiro atoms. The molecule has 0 aliphatic rings. The Morgan fingerprint density at radius 3 is 2.50 bits per heavy atom. The van der Waals surface area contributed by atoms with Gasteiger partial charge in [0.25, 0.3) is 0 Å². The van der Waals surface area contributed by atoms with E-state index in [0.717, 1.165) is 17.9 Å². The zero-order valence-electron chi connectivity index (χ0n) is 10.9. The molecule has 18 heavy (non-hydrogen) atoms. The van der Waals surface area contributed by atoms with Crippen molar-refractivity contribution in [2.45, 2.75) is 26.2 Å². The average molecular weight is 262 g/mol. The molecule has 0 fully saturated rings. The van der Waals surface area contributed by atoms with Gasteiger partial charge in [0, 0.05) is 11.3 Å². The van der Waals surface area contributed by atoms with Crippen molar-refractivity contribution in [2.24, 2.45) is 0 Å². The van der Waals surface area contributed by atoms with E-state index in [1.54, 1.807) is 18.4 Å². The van der Waals surface area contributed by atoms with Gasteiger partial charge in [-0.2, -0.15) is 0 Å². The van der Waals surface area contributed by atoms with Crippen LogP contribution in [0, 0.1) is 0 Å². The molecule has 0 atom stereocenters. The minimum atomic E-state index is 0.409. The summed E-state index contributed by atoms with van der Waals surface area (Å²) < 4.78 is 5.16. The highest BCUT2D eigenvalue weighted by molar-refractivity contribution is 7.15. The Morgan fingerprint density at radius 1 is 1.28 bits per heavy atom. The number of nitrogen functional groups attached to an aromatic ring is 1. The summed E-state index contributed by atoms with van der Waals surface area (Å²) in [5, 5.41) is 0.655. The van der Waals surface area contributed by atoms with Gasteiger partial charge in [0.1, 0.15) is 5.75 Å². The topological polar surface area (TPSA) is 48.1 Å². The lowest BCUT2D eigenvalue weighted by atomic mass is 10.0. The Balaban J connectivity index is 2.22. The van der Waals surface area contributed by atoms with E-state index in [1.807, 2.05) is 12.1 Å². The Morgan fingerprint density at radius 2 is 1.94 bits per heavy atom. The van der Waals surface area contributed by atoms with E-state index in [0.29, 0.717) is 11.0 Å². The molecule has 96 valence electrons. The third-order valence-corrected chi connectivity index (χ3v) is 3.72. The first-order valence-electron chi connectivity index (χ1n) is 5.98. The summed E-state index contributed by atoms with van der Waals surface area (Å²) in [7, 11) is 1.68. The SMILES string of the molecule is COc1ccc(Cc2sc(N)nc2C(C)C)cc1. The van der Waals surface area contributed by atoms with Crippen molar-refractivity contribution in [1.29, 1.82) is 0 Å². The average Bonchev–Trinajstić information content (AvgIpc) is 2.71. The number of methoxy groups -OCH3 is 1. The van der Waals surface area contributed by atoms with E-state index in [1.165, 1.54) is 10.4 Å². The maximum absolute atomic E-state index is 5.80. The number of anilines is 1. The van der Waals surface area contributed by atoms with Crippen molar-refractivity contribution in [3.8, 4) is 5.75 Å². The largest absolute Gasteiger partial charge is 0.497 e. The van der Waals surface area contributed by atoms with Crippen LogP contribution in [0.25, 0.3) is 0 Å². The number of hydrogen-bond acceptors (Lipinski definition) is 4. The van der Waals surface area contributed by atoms with Crippen molar-refractivity contribution in [2.75, 3.05) is 12.8 Å². The van der Waals surface area contributed by atoms with Gasteiger partial charge in [-0.25, -0.2) is 4.98 Å². The summed E-state index contributed by atoms with van der Waals surface area (Å²) in [6, 6.07) is 8.13. The van der Waals surface area contributed by atoms with Crippen molar-refractivity contribution < 1.29 is 4.74 Å². The van der Waals surface area contributed by atoms with E-state index in [-0.39, 0.29) is 0 Å². The third-order valence-electron chi connectivity index (χ3n) is 2.81. The van der Waals surface area contributed by atoms with Crippen LogP contribution in [0.2, 0.25) is 0 Å². The second-order valence-corrected chi connectivity index (χ2v) is 5.66. The van der Waals surface area contributed by atoms with Crippen LogP contribution in [-0.2, 0) is 6.42 Å². The first kappa shape index (κ1) is 12.9. The second-order valence-electron chi connectivity index (χ2n) is 4.54. The van der Waals surface area contributed by atoms with Crippen LogP contribution >= 0.6 is 11.3 Å². The highest BCUT2D eigenvalue weighted by Crippen LogP contribution is 2.29. The maximum Gasteiger partial charge on any atom is 0.180 e. The molecule has 0 saturated carbocycles. The predicted molar refractivity (Wildman–Crippen MR) is 76.4 cm³/mol. The molecule has 0 aliphatic carbocycles. The Kier molecular flexibility index (Phi) is 3.87. The summed E-state index contributed by atoms with van der Waals surface area (Å²) >= 11 is 1.58. The summed E-state index contributed by atoms with van der Waals surface area (Å²) in [6.07, 6.45) is 0.881. The quantitative estimate of drug-likeness (QED) is 0.918. The van der Waals surface area contributed by atoms with Crippen molar-refractivity contribution in [3.63, 3.8) is 0 Å². The van der Waals surface area contributed by atoms with Gasteiger partial charge in [0.15, 0.2) is 5.13 Å². The van der Waals surface area contributed by atoms with Crippen LogP contribution in [0.3, 0.4) is 0 Å². The number of rotatable bonds is 4. The van der Waals surface area contributed by atoms with E-state index in [4.69, 9.17) is 10.5 Å². The molecule has 0 bridgehead atoms. The van der Waals surface area contributed by atoms with E-state index < -0.39 is 0 Å². The first-order valence-corrected chi connectivity index (χ1v) is 6.79. The minimum absolute atomic E-state index is 0.409. The molecule has 1 aromatic carbocycles. The van der Waals surface area contributed by atoms with Crippen LogP contribution in [0.1, 0.15) is 35.9 Å². The predicted octanol–water partition coefficient (Wildman–Crippen LogP) is 3.45. The number of nitrogens with two attached hydrogens (primary N) is 1. The van der Waals surface area contributed by atoms with Gasteiger partial charge in [-0.3, -0.25) is 0 Å². The van der Waals surface area contributed by atoms with Crippen molar-refractivity contribution >= 4 is 16.5 Å². The number of thiazole rings is 1. The lowest BCUT2D eigenvalue weighted by Crippen LogP contribution is -1.95. The molecule has 0 aliphatic heterocycles. The van der Waals surface area contributed by atoms with Crippen molar-refractivity contribution in [1.82, 2.24) is 4.98 Å². The zero-order chi connectivity index (χ0) is 13.1. The Bertz CT molecular complexity index is 517. The van der Waals surface area contributed by atoms with Gasteiger partial charge in [0.05, 0.1) is 12.8 Å². The standard InChI is InChI=1S/C14H18N2OS/c1-9(2)13-12(18-14(15)16-13)8-10-4-6-11(17-3)7-5-10/h4-7,9H,8H2,1-3H3,(H2,15,16).